The van der Waals surface area contributed by atoms with Crippen LogP contribution in [0.2, 0.25) is 0 Å². The van der Waals surface area contributed by atoms with Crippen molar-refractivity contribution in [3.63, 3.8) is 0 Å². The smallest absolute Gasteiger partial charge is 0.164 e. The lowest BCUT2D eigenvalue weighted by molar-refractivity contribution is 0.101. The number of ether oxygens (including phenoxy) is 2. The van der Waals surface area contributed by atoms with Crippen LogP contribution in [0.3, 0.4) is 0 Å². The van der Waals surface area contributed by atoms with E-state index in [4.69, 9.17) is 9.47 Å². The molecule has 1 aromatic rings. The third-order valence-corrected chi connectivity index (χ3v) is 2.47. The van der Waals surface area contributed by atoms with Crippen molar-refractivity contribution in [1.29, 1.82) is 0 Å². The van der Waals surface area contributed by atoms with Gasteiger partial charge >= 0.3 is 0 Å². The quantitative estimate of drug-likeness (QED) is 0.629. The second-order valence-corrected chi connectivity index (χ2v) is 3.53. The van der Waals surface area contributed by atoms with Crippen LogP contribution in [0.4, 0.5) is 0 Å². The van der Waals surface area contributed by atoms with Gasteiger partial charge in [0.05, 0.1) is 19.8 Å². The molecule has 0 aliphatic carbocycles. The van der Waals surface area contributed by atoms with Crippen LogP contribution in [-0.4, -0.2) is 25.1 Å². The van der Waals surface area contributed by atoms with E-state index in [1.54, 1.807) is 6.08 Å². The second kappa shape index (κ2) is 5.39. The predicted molar refractivity (Wildman–Crippen MR) is 65.1 cm³/mol. The Morgan fingerprint density at radius 3 is 2.41 bits per heavy atom. The third kappa shape index (κ3) is 2.41. The van der Waals surface area contributed by atoms with Gasteiger partial charge in [0.1, 0.15) is 5.75 Å². The van der Waals surface area contributed by atoms with Crippen LogP contribution >= 0.6 is 0 Å². The summed E-state index contributed by atoms with van der Waals surface area (Å²) in [5.74, 6) is 0.461. The molecule has 0 aromatic heterocycles. The van der Waals surface area contributed by atoms with Crippen molar-refractivity contribution in [3.05, 3.63) is 29.8 Å². The van der Waals surface area contributed by atoms with Gasteiger partial charge in [-0.3, -0.25) is 4.79 Å². The zero-order valence-electron chi connectivity index (χ0n) is 10.2. The maximum atomic E-state index is 11.6. The van der Waals surface area contributed by atoms with Gasteiger partial charge in [0.25, 0.3) is 0 Å². The number of aromatic hydroxyl groups is 1. The molecule has 92 valence electrons. The molecule has 0 saturated heterocycles. The highest BCUT2D eigenvalue weighted by Gasteiger charge is 2.20. The molecule has 0 atom stereocenters. The molecule has 0 fully saturated rings. The molecule has 4 heteroatoms. The Labute approximate surface area is 100 Å². The molecule has 4 nitrogen and oxygen atoms in total. The summed E-state index contributed by atoms with van der Waals surface area (Å²) < 4.78 is 10.2. The fraction of sp³-hybridized carbons (Fsp3) is 0.308. The van der Waals surface area contributed by atoms with Gasteiger partial charge in [0.2, 0.25) is 0 Å². The Balaban J connectivity index is 3.58. The van der Waals surface area contributed by atoms with Gasteiger partial charge < -0.3 is 14.6 Å². The molecule has 0 amide bonds. The van der Waals surface area contributed by atoms with E-state index in [9.17, 15) is 9.90 Å². The number of hydrogen-bond donors (Lipinski definition) is 1. The number of allylic oxidation sites excluding steroid dienone is 1. The SMILES string of the molecule is C=CCc1c(O)c(OC)cc(OC)c1C(C)=O. The van der Waals surface area contributed by atoms with Crippen molar-refractivity contribution in [2.24, 2.45) is 0 Å². The largest absolute Gasteiger partial charge is 0.504 e. The standard InChI is InChI=1S/C13H16O4/c1-5-6-9-12(8(2)14)10(16-3)7-11(17-4)13(9)15/h5,7,15H,1,6H2,2-4H3. The van der Waals surface area contributed by atoms with E-state index in [1.165, 1.54) is 27.2 Å². The average Bonchev–Trinajstić information content (AvgIpc) is 2.31. The average molecular weight is 236 g/mol. The summed E-state index contributed by atoms with van der Waals surface area (Å²) in [5.41, 5.74) is 0.842. The van der Waals surface area contributed by atoms with Gasteiger partial charge in [-0.1, -0.05) is 6.08 Å². The molecule has 1 aromatic carbocycles. The second-order valence-electron chi connectivity index (χ2n) is 3.53. The van der Waals surface area contributed by atoms with E-state index >= 15 is 0 Å². The van der Waals surface area contributed by atoms with Crippen LogP contribution in [0, 0.1) is 0 Å². The van der Waals surface area contributed by atoms with E-state index in [0.29, 0.717) is 23.3 Å². The van der Waals surface area contributed by atoms with E-state index in [1.807, 2.05) is 0 Å². The van der Waals surface area contributed by atoms with Crippen LogP contribution in [0.15, 0.2) is 18.7 Å². The number of carbonyl (C=O) groups excluding carboxylic acids is 1. The van der Waals surface area contributed by atoms with Crippen LogP contribution in [0.1, 0.15) is 22.8 Å². The minimum absolute atomic E-state index is 0.0431. The van der Waals surface area contributed by atoms with Crippen LogP contribution < -0.4 is 9.47 Å². The predicted octanol–water partition coefficient (Wildman–Crippen LogP) is 2.34. The number of methoxy groups -OCH3 is 2. The Bertz CT molecular complexity index is 449. The Morgan fingerprint density at radius 2 is 2.00 bits per heavy atom. The van der Waals surface area contributed by atoms with E-state index in [2.05, 4.69) is 6.58 Å². The van der Waals surface area contributed by atoms with E-state index in [-0.39, 0.29) is 17.3 Å². The summed E-state index contributed by atoms with van der Waals surface area (Å²) >= 11 is 0. The fourth-order valence-corrected chi connectivity index (χ4v) is 1.72. The highest BCUT2D eigenvalue weighted by molar-refractivity contribution is 5.99. The summed E-state index contributed by atoms with van der Waals surface area (Å²) in [6.45, 7) is 5.03. The zero-order chi connectivity index (χ0) is 13.0. The Hall–Kier alpha value is -1.97. The first-order chi connectivity index (χ1) is 8.06. The Morgan fingerprint density at radius 1 is 1.41 bits per heavy atom. The maximum absolute atomic E-state index is 11.6. The van der Waals surface area contributed by atoms with Gasteiger partial charge in [0, 0.05) is 11.6 Å². The molecule has 0 aliphatic heterocycles. The van der Waals surface area contributed by atoms with Gasteiger partial charge in [-0.2, -0.15) is 0 Å². The van der Waals surface area contributed by atoms with Gasteiger partial charge in [0.15, 0.2) is 17.3 Å². The lowest BCUT2D eigenvalue weighted by Crippen LogP contribution is -2.04. The zero-order valence-corrected chi connectivity index (χ0v) is 10.2. The van der Waals surface area contributed by atoms with Crippen molar-refractivity contribution in [2.45, 2.75) is 13.3 Å². The summed E-state index contributed by atoms with van der Waals surface area (Å²) in [5, 5.41) is 9.99. The molecule has 0 aliphatic rings. The van der Waals surface area contributed by atoms with Crippen LogP contribution in [0.5, 0.6) is 17.2 Å². The van der Waals surface area contributed by atoms with E-state index < -0.39 is 0 Å². The number of ketones is 1. The number of Topliss-reactive ketones (excluding diaryl/α,β-unsaturated/α-hetero) is 1. The van der Waals surface area contributed by atoms with Crippen LogP contribution in [-0.2, 0) is 6.42 Å². The van der Waals surface area contributed by atoms with Crippen molar-refractivity contribution in [3.8, 4) is 17.2 Å². The lowest BCUT2D eigenvalue weighted by atomic mass is 9.98. The Kier molecular flexibility index (Phi) is 4.15. The number of phenolic OH excluding ortho intramolecular Hbond substituents is 1. The minimum atomic E-state index is -0.170. The molecule has 0 radical (unpaired) electrons. The molecule has 0 unspecified atom stereocenters. The molecule has 1 rings (SSSR count). The van der Waals surface area contributed by atoms with Crippen molar-refractivity contribution in [1.82, 2.24) is 0 Å². The molecule has 0 bridgehead atoms. The van der Waals surface area contributed by atoms with Gasteiger partial charge in [-0.25, -0.2) is 0 Å². The van der Waals surface area contributed by atoms with Gasteiger partial charge in [-0.05, 0) is 13.3 Å². The molecular formula is C13H16O4. The van der Waals surface area contributed by atoms with Crippen molar-refractivity contribution in [2.75, 3.05) is 14.2 Å². The topological polar surface area (TPSA) is 55.8 Å². The third-order valence-electron chi connectivity index (χ3n) is 2.47. The lowest BCUT2D eigenvalue weighted by Gasteiger charge is -2.15. The number of carbonyl (C=O) groups is 1. The molecule has 0 spiro atoms. The number of rotatable bonds is 5. The van der Waals surface area contributed by atoms with E-state index in [0.717, 1.165) is 0 Å². The van der Waals surface area contributed by atoms with Gasteiger partial charge in [-0.15, -0.1) is 6.58 Å². The molecule has 1 N–H and O–H groups in total. The first-order valence-electron chi connectivity index (χ1n) is 5.15. The maximum Gasteiger partial charge on any atom is 0.164 e. The molecule has 0 saturated carbocycles. The molecule has 0 heterocycles. The number of hydrogen-bond acceptors (Lipinski definition) is 4. The highest BCUT2D eigenvalue weighted by atomic mass is 16.5. The summed E-state index contributed by atoms with van der Waals surface area (Å²) in [4.78, 5) is 11.6. The monoisotopic (exact) mass is 236 g/mol. The molecular weight excluding hydrogens is 220 g/mol. The van der Waals surface area contributed by atoms with Crippen molar-refractivity contribution < 1.29 is 19.4 Å². The summed E-state index contributed by atoms with van der Waals surface area (Å²) in [6, 6.07) is 1.50. The van der Waals surface area contributed by atoms with Crippen LogP contribution in [0.25, 0.3) is 0 Å². The fourth-order valence-electron chi connectivity index (χ4n) is 1.72. The first kappa shape index (κ1) is 13.1. The number of phenols is 1. The first-order valence-corrected chi connectivity index (χ1v) is 5.15. The normalized spacial score (nSPS) is 9.82. The number of benzene rings is 1. The summed E-state index contributed by atoms with van der Waals surface area (Å²) in [6.07, 6.45) is 1.98. The molecule has 17 heavy (non-hydrogen) atoms. The van der Waals surface area contributed by atoms with Crippen molar-refractivity contribution >= 4 is 5.78 Å². The highest BCUT2D eigenvalue weighted by Crippen LogP contribution is 2.39. The summed E-state index contributed by atoms with van der Waals surface area (Å²) in [7, 11) is 2.91. The minimum Gasteiger partial charge on any atom is -0.504 e.